The zero-order valence-electron chi connectivity index (χ0n) is 22.5. The molecule has 0 bridgehead atoms. The summed E-state index contributed by atoms with van der Waals surface area (Å²) in [7, 11) is 0. The van der Waals surface area contributed by atoms with Crippen LogP contribution in [0.3, 0.4) is 0 Å². The number of esters is 3. The van der Waals surface area contributed by atoms with Crippen LogP contribution in [-0.4, -0.2) is 60.3 Å². The Kier molecular flexibility index (Phi) is 9.31. The fourth-order valence-electron chi connectivity index (χ4n) is 4.98. The maximum Gasteiger partial charge on any atom is 0.303 e. The van der Waals surface area contributed by atoms with E-state index in [-0.39, 0.29) is 6.61 Å². The maximum absolute atomic E-state index is 12.1. The van der Waals surface area contributed by atoms with Gasteiger partial charge in [-0.25, -0.2) is 0 Å². The highest BCUT2D eigenvalue weighted by atomic mass is 16.7. The average Bonchev–Trinajstić information content (AvgIpc) is 2.94. The lowest BCUT2D eigenvalue weighted by Gasteiger charge is -2.44. The van der Waals surface area contributed by atoms with Crippen molar-refractivity contribution in [2.45, 2.75) is 57.1 Å². The second-order valence-electron chi connectivity index (χ2n) is 9.38. The van der Waals surface area contributed by atoms with Gasteiger partial charge in [-0.2, -0.15) is 0 Å². The third-order valence-electron chi connectivity index (χ3n) is 6.52. The van der Waals surface area contributed by atoms with Crippen molar-refractivity contribution in [3.05, 3.63) is 108 Å². The smallest absolute Gasteiger partial charge is 0.303 e. The lowest BCUT2D eigenvalue weighted by Crippen LogP contribution is -2.62. The van der Waals surface area contributed by atoms with Crippen molar-refractivity contribution in [1.29, 1.82) is 0 Å². The molecule has 0 amide bonds. The Morgan fingerprint density at radius 3 is 1.43 bits per heavy atom. The van der Waals surface area contributed by atoms with Gasteiger partial charge in [0, 0.05) is 20.8 Å². The minimum atomic E-state index is -1.69. The second-order valence-corrected chi connectivity index (χ2v) is 9.38. The zero-order chi connectivity index (χ0) is 28.7. The molecule has 0 saturated carbocycles. The van der Waals surface area contributed by atoms with Gasteiger partial charge in [-0.3, -0.25) is 14.4 Å². The number of ether oxygens (including phenoxy) is 5. The third-order valence-corrected chi connectivity index (χ3v) is 6.52. The SMILES string of the molecule is CC(=O)O[C@@H]1[C@@H](OC(C)=O)[C@H](COC(c2ccccc2)(c2ccccc2)c2ccccc2)O[C@@H](O)[C@H]1OC(C)=O. The van der Waals surface area contributed by atoms with Crippen molar-refractivity contribution in [3.63, 3.8) is 0 Å². The predicted octanol–water partition coefficient (Wildman–Crippen LogP) is 3.51. The van der Waals surface area contributed by atoms with Crippen molar-refractivity contribution in [2.75, 3.05) is 6.61 Å². The van der Waals surface area contributed by atoms with Gasteiger partial charge < -0.3 is 28.8 Å². The minimum Gasteiger partial charge on any atom is -0.456 e. The number of carbonyl (C=O) groups is 3. The molecule has 3 aromatic rings. The van der Waals surface area contributed by atoms with Crippen LogP contribution in [0.2, 0.25) is 0 Å². The molecule has 4 rings (SSSR count). The van der Waals surface area contributed by atoms with Crippen molar-refractivity contribution in [3.8, 4) is 0 Å². The van der Waals surface area contributed by atoms with Gasteiger partial charge in [0.15, 0.2) is 24.6 Å². The van der Waals surface area contributed by atoms with Gasteiger partial charge in [-0.05, 0) is 16.7 Å². The van der Waals surface area contributed by atoms with Gasteiger partial charge in [0.25, 0.3) is 0 Å². The van der Waals surface area contributed by atoms with Gasteiger partial charge in [0.05, 0.1) is 6.61 Å². The van der Waals surface area contributed by atoms with E-state index in [0.29, 0.717) is 0 Å². The summed E-state index contributed by atoms with van der Waals surface area (Å²) in [6.07, 6.45) is -6.82. The molecule has 1 N–H and O–H groups in total. The van der Waals surface area contributed by atoms with E-state index in [2.05, 4.69) is 0 Å². The topological polar surface area (TPSA) is 118 Å². The second kappa shape index (κ2) is 12.9. The summed E-state index contributed by atoms with van der Waals surface area (Å²) in [5.74, 6) is -2.15. The lowest BCUT2D eigenvalue weighted by atomic mass is 9.80. The number of rotatable bonds is 9. The Bertz CT molecular complexity index is 1180. The number of hydrogen-bond acceptors (Lipinski definition) is 9. The molecule has 1 aliphatic heterocycles. The van der Waals surface area contributed by atoms with Crippen molar-refractivity contribution >= 4 is 17.9 Å². The monoisotopic (exact) mass is 548 g/mol. The molecule has 9 heteroatoms. The van der Waals surface area contributed by atoms with E-state index >= 15 is 0 Å². The predicted molar refractivity (Wildman–Crippen MR) is 143 cm³/mol. The van der Waals surface area contributed by atoms with E-state index in [4.69, 9.17) is 23.7 Å². The largest absolute Gasteiger partial charge is 0.456 e. The van der Waals surface area contributed by atoms with Gasteiger partial charge in [0.1, 0.15) is 11.7 Å². The molecule has 5 atom stereocenters. The molecule has 0 aromatic heterocycles. The number of aliphatic hydroxyl groups is 1. The van der Waals surface area contributed by atoms with E-state index in [1.54, 1.807) is 0 Å². The summed E-state index contributed by atoms with van der Waals surface area (Å²) < 4.78 is 28.8. The first-order valence-electron chi connectivity index (χ1n) is 12.9. The molecular formula is C31H32O9. The molecule has 0 spiro atoms. The van der Waals surface area contributed by atoms with Crippen LogP contribution in [0.25, 0.3) is 0 Å². The fraction of sp³-hybridized carbons (Fsp3) is 0.323. The van der Waals surface area contributed by atoms with Crippen LogP contribution in [-0.2, 0) is 43.7 Å². The van der Waals surface area contributed by atoms with Crippen molar-refractivity contribution in [2.24, 2.45) is 0 Å². The Hall–Kier alpha value is -4.05. The number of aliphatic hydroxyl groups excluding tert-OH is 1. The van der Waals surface area contributed by atoms with Crippen molar-refractivity contribution in [1.82, 2.24) is 0 Å². The normalized spacial score (nSPS) is 22.6. The molecule has 9 nitrogen and oxygen atoms in total. The Morgan fingerprint density at radius 1 is 0.650 bits per heavy atom. The maximum atomic E-state index is 12.1. The standard InChI is InChI=1S/C31H32O9/c1-20(32)37-27-26(40-30(35)29(39-22(3)34)28(27)38-21(2)33)19-36-31(23-13-7-4-8-14-23,24-15-9-5-10-16-24)25-17-11-6-12-18-25/h4-18,26-30,35H,19H2,1-3H3/t26-,27-,28+,29-,30+/m0/s1. The summed E-state index contributed by atoms with van der Waals surface area (Å²) in [4.78, 5) is 35.9. The van der Waals surface area contributed by atoms with Crippen molar-refractivity contribution < 1.29 is 43.2 Å². The molecule has 3 aromatic carbocycles. The van der Waals surface area contributed by atoms with E-state index in [0.717, 1.165) is 30.5 Å². The van der Waals surface area contributed by atoms with E-state index in [1.165, 1.54) is 6.92 Å². The first kappa shape index (κ1) is 28.9. The molecule has 0 unspecified atom stereocenters. The van der Waals surface area contributed by atoms with Crippen LogP contribution >= 0.6 is 0 Å². The number of benzene rings is 3. The summed E-state index contributed by atoms with van der Waals surface area (Å²) >= 11 is 0. The molecule has 1 fully saturated rings. The summed E-state index contributed by atoms with van der Waals surface area (Å²) in [6, 6.07) is 28.8. The van der Waals surface area contributed by atoms with Crippen LogP contribution in [0.4, 0.5) is 0 Å². The summed E-state index contributed by atoms with van der Waals surface area (Å²) in [6.45, 7) is 3.28. The minimum absolute atomic E-state index is 0.210. The van der Waals surface area contributed by atoms with Gasteiger partial charge in [-0.15, -0.1) is 0 Å². The quantitative estimate of drug-likeness (QED) is 0.244. The highest BCUT2D eigenvalue weighted by Crippen LogP contribution is 2.41. The first-order valence-corrected chi connectivity index (χ1v) is 12.9. The van der Waals surface area contributed by atoms with Gasteiger partial charge in [-0.1, -0.05) is 91.0 Å². The van der Waals surface area contributed by atoms with Gasteiger partial charge in [0.2, 0.25) is 0 Å². The third kappa shape index (κ3) is 6.39. The van der Waals surface area contributed by atoms with Crippen LogP contribution in [0.5, 0.6) is 0 Å². The van der Waals surface area contributed by atoms with E-state index in [1.807, 2.05) is 91.0 Å². The molecule has 40 heavy (non-hydrogen) atoms. The summed E-state index contributed by atoms with van der Waals surface area (Å²) in [5.41, 5.74) is 1.33. The van der Waals surface area contributed by atoms with E-state index in [9.17, 15) is 19.5 Å². The fourth-order valence-corrected chi connectivity index (χ4v) is 4.98. The highest BCUT2D eigenvalue weighted by molar-refractivity contribution is 5.68. The molecule has 1 saturated heterocycles. The molecule has 0 aliphatic carbocycles. The van der Waals surface area contributed by atoms with Crippen LogP contribution in [0, 0.1) is 0 Å². The Balaban J connectivity index is 1.79. The number of hydrogen-bond donors (Lipinski definition) is 1. The Labute approximate surface area is 232 Å². The van der Waals surface area contributed by atoms with Crippen LogP contribution in [0.1, 0.15) is 37.5 Å². The molecule has 0 radical (unpaired) electrons. The highest BCUT2D eigenvalue weighted by Gasteiger charge is 2.52. The zero-order valence-corrected chi connectivity index (χ0v) is 22.5. The molecule has 210 valence electrons. The summed E-state index contributed by atoms with van der Waals surface area (Å²) in [5, 5.41) is 10.8. The molecule has 1 heterocycles. The lowest BCUT2D eigenvalue weighted by molar-refractivity contribution is -0.299. The molecular weight excluding hydrogens is 516 g/mol. The average molecular weight is 549 g/mol. The van der Waals surface area contributed by atoms with Gasteiger partial charge >= 0.3 is 17.9 Å². The Morgan fingerprint density at radius 2 is 1.02 bits per heavy atom. The van der Waals surface area contributed by atoms with Crippen LogP contribution in [0.15, 0.2) is 91.0 Å². The molecule has 1 aliphatic rings. The van der Waals surface area contributed by atoms with E-state index < -0.39 is 54.2 Å². The first-order chi connectivity index (χ1) is 19.2. The van der Waals surface area contributed by atoms with Crippen LogP contribution < -0.4 is 0 Å². The number of carbonyl (C=O) groups excluding carboxylic acids is 3.